The standard InChI is InChI=1S/C7H10N4/c8-7-6(5-2-1-3-5)11-10-4-9-7/h4-5H,1-3H2,(H2,8,9,10). The van der Waals surface area contributed by atoms with Crippen molar-refractivity contribution in [2.45, 2.75) is 25.2 Å². The Morgan fingerprint density at radius 2 is 2.27 bits per heavy atom. The van der Waals surface area contributed by atoms with Crippen molar-refractivity contribution in [3.05, 3.63) is 12.0 Å². The molecule has 1 heterocycles. The molecule has 0 radical (unpaired) electrons. The van der Waals surface area contributed by atoms with Crippen molar-refractivity contribution in [3.8, 4) is 0 Å². The highest BCUT2D eigenvalue weighted by atomic mass is 15.2. The van der Waals surface area contributed by atoms with Gasteiger partial charge in [0.1, 0.15) is 17.8 Å². The second kappa shape index (κ2) is 2.45. The lowest BCUT2D eigenvalue weighted by molar-refractivity contribution is 0.408. The maximum atomic E-state index is 5.62. The SMILES string of the molecule is Nc1ncnnc1C1CCC1. The first-order valence-corrected chi connectivity index (χ1v) is 3.81. The van der Waals surface area contributed by atoms with Gasteiger partial charge in [-0.1, -0.05) is 6.42 Å². The summed E-state index contributed by atoms with van der Waals surface area (Å²) in [5.41, 5.74) is 6.51. The molecule has 2 N–H and O–H groups in total. The summed E-state index contributed by atoms with van der Waals surface area (Å²) >= 11 is 0. The van der Waals surface area contributed by atoms with Crippen LogP contribution >= 0.6 is 0 Å². The van der Waals surface area contributed by atoms with Gasteiger partial charge in [-0.3, -0.25) is 0 Å². The van der Waals surface area contributed by atoms with E-state index in [0.717, 1.165) is 5.69 Å². The quantitative estimate of drug-likeness (QED) is 0.640. The minimum atomic E-state index is 0.524. The molecule has 4 nitrogen and oxygen atoms in total. The normalized spacial score (nSPS) is 17.8. The zero-order chi connectivity index (χ0) is 7.68. The number of aromatic nitrogens is 3. The Morgan fingerprint density at radius 1 is 1.45 bits per heavy atom. The van der Waals surface area contributed by atoms with Crippen LogP contribution in [0.15, 0.2) is 6.33 Å². The Kier molecular flexibility index (Phi) is 1.45. The van der Waals surface area contributed by atoms with Crippen molar-refractivity contribution >= 4 is 5.82 Å². The van der Waals surface area contributed by atoms with Gasteiger partial charge in [-0.15, -0.1) is 10.2 Å². The maximum Gasteiger partial charge on any atom is 0.149 e. The van der Waals surface area contributed by atoms with Gasteiger partial charge >= 0.3 is 0 Å². The van der Waals surface area contributed by atoms with Crippen molar-refractivity contribution in [2.75, 3.05) is 5.73 Å². The van der Waals surface area contributed by atoms with Gasteiger partial charge in [0.05, 0.1) is 0 Å². The van der Waals surface area contributed by atoms with Gasteiger partial charge in [-0.05, 0) is 12.8 Å². The fourth-order valence-corrected chi connectivity index (χ4v) is 1.27. The highest BCUT2D eigenvalue weighted by molar-refractivity contribution is 5.35. The van der Waals surface area contributed by atoms with Crippen LogP contribution < -0.4 is 5.73 Å². The molecule has 2 rings (SSSR count). The first-order valence-electron chi connectivity index (χ1n) is 3.81. The second-order valence-corrected chi connectivity index (χ2v) is 2.86. The number of hydrogen-bond donors (Lipinski definition) is 1. The van der Waals surface area contributed by atoms with Crippen LogP contribution in [0.5, 0.6) is 0 Å². The van der Waals surface area contributed by atoms with E-state index in [0.29, 0.717) is 11.7 Å². The average Bonchev–Trinajstić information content (AvgIpc) is 1.90. The third-order valence-electron chi connectivity index (χ3n) is 2.17. The number of nitrogen functional groups attached to an aromatic ring is 1. The number of rotatable bonds is 1. The molecule has 1 fully saturated rings. The van der Waals surface area contributed by atoms with Gasteiger partial charge in [0.25, 0.3) is 0 Å². The fraction of sp³-hybridized carbons (Fsp3) is 0.571. The van der Waals surface area contributed by atoms with Crippen LogP contribution in [-0.2, 0) is 0 Å². The monoisotopic (exact) mass is 150 g/mol. The smallest absolute Gasteiger partial charge is 0.149 e. The molecule has 0 atom stereocenters. The van der Waals surface area contributed by atoms with Gasteiger partial charge < -0.3 is 5.73 Å². The molecule has 0 saturated heterocycles. The number of anilines is 1. The van der Waals surface area contributed by atoms with Gasteiger partial charge in [-0.2, -0.15) is 0 Å². The van der Waals surface area contributed by atoms with Crippen molar-refractivity contribution in [2.24, 2.45) is 0 Å². The second-order valence-electron chi connectivity index (χ2n) is 2.86. The Labute approximate surface area is 64.9 Å². The van der Waals surface area contributed by atoms with Crippen molar-refractivity contribution in [3.63, 3.8) is 0 Å². The van der Waals surface area contributed by atoms with E-state index < -0.39 is 0 Å². The molecule has 1 aromatic rings. The van der Waals surface area contributed by atoms with E-state index in [4.69, 9.17) is 5.73 Å². The molecule has 0 spiro atoms. The molecular formula is C7H10N4. The van der Waals surface area contributed by atoms with E-state index in [9.17, 15) is 0 Å². The molecule has 1 aliphatic carbocycles. The van der Waals surface area contributed by atoms with E-state index in [1.807, 2.05) is 0 Å². The summed E-state index contributed by atoms with van der Waals surface area (Å²) in [6.45, 7) is 0. The summed E-state index contributed by atoms with van der Waals surface area (Å²) in [5.74, 6) is 1.07. The first kappa shape index (κ1) is 6.52. The number of nitrogens with zero attached hydrogens (tertiary/aromatic N) is 3. The molecular weight excluding hydrogens is 140 g/mol. The summed E-state index contributed by atoms with van der Waals surface area (Å²) in [5, 5.41) is 7.67. The van der Waals surface area contributed by atoms with Crippen LogP contribution in [0.1, 0.15) is 30.9 Å². The lowest BCUT2D eigenvalue weighted by Crippen LogP contribution is -2.14. The largest absolute Gasteiger partial charge is 0.382 e. The van der Waals surface area contributed by atoms with Crippen LogP contribution in [0.4, 0.5) is 5.82 Å². The van der Waals surface area contributed by atoms with Crippen LogP contribution in [-0.4, -0.2) is 15.2 Å². The molecule has 0 amide bonds. The van der Waals surface area contributed by atoms with Crippen LogP contribution in [0.3, 0.4) is 0 Å². The van der Waals surface area contributed by atoms with Crippen molar-refractivity contribution in [1.29, 1.82) is 0 Å². The van der Waals surface area contributed by atoms with E-state index in [-0.39, 0.29) is 0 Å². The topological polar surface area (TPSA) is 64.7 Å². The predicted molar refractivity (Wildman–Crippen MR) is 40.8 cm³/mol. The number of nitrogens with two attached hydrogens (primary N) is 1. The summed E-state index contributed by atoms with van der Waals surface area (Å²) in [4.78, 5) is 3.89. The minimum Gasteiger partial charge on any atom is -0.382 e. The summed E-state index contributed by atoms with van der Waals surface area (Å²) in [7, 11) is 0. The zero-order valence-corrected chi connectivity index (χ0v) is 6.20. The zero-order valence-electron chi connectivity index (χ0n) is 6.20. The predicted octanol–water partition coefficient (Wildman–Crippen LogP) is 0.721. The van der Waals surface area contributed by atoms with Crippen molar-refractivity contribution < 1.29 is 0 Å². The third kappa shape index (κ3) is 1.04. The average molecular weight is 150 g/mol. The molecule has 1 saturated carbocycles. The number of hydrogen-bond acceptors (Lipinski definition) is 4. The van der Waals surface area contributed by atoms with Crippen LogP contribution in [0.2, 0.25) is 0 Å². The Morgan fingerprint density at radius 3 is 2.82 bits per heavy atom. The molecule has 0 unspecified atom stereocenters. The molecule has 1 aromatic heterocycles. The van der Waals surface area contributed by atoms with Crippen molar-refractivity contribution in [1.82, 2.24) is 15.2 Å². The van der Waals surface area contributed by atoms with E-state index >= 15 is 0 Å². The van der Waals surface area contributed by atoms with E-state index in [1.165, 1.54) is 25.6 Å². The van der Waals surface area contributed by atoms with Gasteiger partial charge in [0.2, 0.25) is 0 Å². The Bertz CT molecular complexity index is 256. The molecule has 0 bridgehead atoms. The van der Waals surface area contributed by atoms with Gasteiger partial charge in [0.15, 0.2) is 0 Å². The van der Waals surface area contributed by atoms with Crippen LogP contribution in [0.25, 0.3) is 0 Å². The fourth-order valence-electron chi connectivity index (χ4n) is 1.27. The minimum absolute atomic E-state index is 0.524. The van der Waals surface area contributed by atoms with Gasteiger partial charge in [-0.25, -0.2) is 4.98 Å². The van der Waals surface area contributed by atoms with Crippen LogP contribution in [0, 0.1) is 0 Å². The highest BCUT2D eigenvalue weighted by Gasteiger charge is 2.23. The summed E-state index contributed by atoms with van der Waals surface area (Å²) < 4.78 is 0. The third-order valence-corrected chi connectivity index (χ3v) is 2.17. The highest BCUT2D eigenvalue weighted by Crippen LogP contribution is 2.36. The molecule has 0 aromatic carbocycles. The Balaban J connectivity index is 2.28. The molecule has 1 aliphatic rings. The van der Waals surface area contributed by atoms with Gasteiger partial charge in [0, 0.05) is 5.92 Å². The van der Waals surface area contributed by atoms with E-state index in [1.54, 1.807) is 0 Å². The van der Waals surface area contributed by atoms with E-state index in [2.05, 4.69) is 15.2 Å². The first-order chi connectivity index (χ1) is 5.38. The molecule has 4 heteroatoms. The lowest BCUT2D eigenvalue weighted by atomic mass is 9.83. The summed E-state index contributed by atoms with van der Waals surface area (Å²) in [6, 6.07) is 0. The maximum absolute atomic E-state index is 5.62. The summed E-state index contributed by atoms with van der Waals surface area (Å²) in [6.07, 6.45) is 5.04. The molecule has 0 aliphatic heterocycles. The molecule has 11 heavy (non-hydrogen) atoms. The molecule has 58 valence electrons. The Hall–Kier alpha value is -1.19. The lowest BCUT2D eigenvalue weighted by Gasteiger charge is -2.24.